The van der Waals surface area contributed by atoms with Crippen LogP contribution in [0.25, 0.3) is 33.2 Å². The fourth-order valence-electron chi connectivity index (χ4n) is 3.09. The Morgan fingerprint density at radius 2 is 2.17 bits per heavy atom. The number of aromatic nitrogens is 3. The summed E-state index contributed by atoms with van der Waals surface area (Å²) >= 11 is 0. The van der Waals surface area contributed by atoms with E-state index in [0.29, 0.717) is 6.54 Å². The molecule has 2 N–H and O–H groups in total. The van der Waals surface area contributed by atoms with Gasteiger partial charge in [-0.1, -0.05) is 6.07 Å². The third kappa shape index (κ3) is 2.44. The lowest BCUT2D eigenvalue weighted by atomic mass is 10.1. The van der Waals surface area contributed by atoms with Crippen LogP contribution < -0.4 is 5.32 Å². The van der Waals surface area contributed by atoms with Gasteiger partial charge in [0, 0.05) is 60.5 Å². The Labute approximate surface area is 139 Å². The van der Waals surface area contributed by atoms with Gasteiger partial charge in [-0.3, -0.25) is 4.79 Å². The van der Waals surface area contributed by atoms with E-state index in [-0.39, 0.29) is 5.91 Å². The molecule has 0 spiro atoms. The molecule has 1 amide bonds. The number of H-pyrrole nitrogens is 1. The number of nitrogens with zero attached hydrogens (tertiary/aromatic N) is 2. The predicted molar refractivity (Wildman–Crippen MR) is 95.5 cm³/mol. The summed E-state index contributed by atoms with van der Waals surface area (Å²) in [6, 6.07) is 12.4. The number of amides is 1. The Bertz CT molecular complexity index is 1020. The number of aryl methyl sites for hydroxylation is 1. The number of pyridine rings is 1. The molecule has 0 aliphatic rings. The van der Waals surface area contributed by atoms with Crippen LogP contribution in [0.15, 0.2) is 48.8 Å². The first-order valence-corrected chi connectivity index (χ1v) is 7.88. The molecule has 0 fully saturated rings. The van der Waals surface area contributed by atoms with Crippen molar-refractivity contribution in [3.63, 3.8) is 0 Å². The van der Waals surface area contributed by atoms with Crippen molar-refractivity contribution in [2.45, 2.75) is 13.5 Å². The van der Waals surface area contributed by atoms with E-state index < -0.39 is 0 Å². The summed E-state index contributed by atoms with van der Waals surface area (Å²) in [5.74, 6) is -0.0231. The van der Waals surface area contributed by atoms with Crippen molar-refractivity contribution < 1.29 is 4.79 Å². The molecule has 1 aromatic carbocycles. The normalized spacial score (nSPS) is 11.2. The Balaban J connectivity index is 1.84. The van der Waals surface area contributed by atoms with E-state index >= 15 is 0 Å². The minimum absolute atomic E-state index is 0.0231. The third-order valence-electron chi connectivity index (χ3n) is 4.28. The fourth-order valence-corrected chi connectivity index (χ4v) is 3.09. The summed E-state index contributed by atoms with van der Waals surface area (Å²) in [5, 5.41) is 5.11. The van der Waals surface area contributed by atoms with Crippen LogP contribution in [0.5, 0.6) is 0 Å². The molecule has 4 rings (SSSR count). The summed E-state index contributed by atoms with van der Waals surface area (Å²) < 4.78 is 2.12. The molecule has 0 aliphatic carbocycles. The molecular weight excluding hydrogens is 300 g/mol. The van der Waals surface area contributed by atoms with Gasteiger partial charge in [-0.2, -0.15) is 0 Å². The van der Waals surface area contributed by atoms with Crippen molar-refractivity contribution in [3.05, 3.63) is 54.4 Å². The van der Waals surface area contributed by atoms with Gasteiger partial charge in [0.05, 0.1) is 0 Å². The molecule has 4 aromatic rings. The first-order valence-electron chi connectivity index (χ1n) is 7.88. The van der Waals surface area contributed by atoms with Gasteiger partial charge >= 0.3 is 0 Å². The summed E-state index contributed by atoms with van der Waals surface area (Å²) in [5.41, 5.74) is 5.31. The highest BCUT2D eigenvalue weighted by molar-refractivity contribution is 5.98. The molecule has 0 saturated carbocycles. The summed E-state index contributed by atoms with van der Waals surface area (Å²) in [6.45, 7) is 2.07. The van der Waals surface area contributed by atoms with E-state index in [0.717, 1.165) is 38.8 Å². The number of rotatable bonds is 3. The van der Waals surface area contributed by atoms with Crippen LogP contribution in [0.4, 0.5) is 0 Å². The quantitative estimate of drug-likeness (QED) is 0.608. The molecule has 0 bridgehead atoms. The average Bonchev–Trinajstić information content (AvgIpc) is 3.14. The molecule has 24 heavy (non-hydrogen) atoms. The Morgan fingerprint density at radius 3 is 2.96 bits per heavy atom. The topological polar surface area (TPSA) is 62.7 Å². The number of hydrogen-bond acceptors (Lipinski definition) is 2. The van der Waals surface area contributed by atoms with Gasteiger partial charge in [0.2, 0.25) is 5.91 Å². The second-order valence-corrected chi connectivity index (χ2v) is 6.04. The second-order valence-electron chi connectivity index (χ2n) is 6.04. The van der Waals surface area contributed by atoms with Gasteiger partial charge in [0.1, 0.15) is 5.65 Å². The van der Waals surface area contributed by atoms with E-state index in [9.17, 15) is 4.79 Å². The number of nitrogens with one attached hydrogen (secondary N) is 2. The largest absolute Gasteiger partial charge is 0.352 e. The van der Waals surface area contributed by atoms with Crippen molar-refractivity contribution in [1.82, 2.24) is 19.9 Å². The van der Waals surface area contributed by atoms with Crippen molar-refractivity contribution in [1.29, 1.82) is 0 Å². The summed E-state index contributed by atoms with van der Waals surface area (Å²) in [7, 11) is 2.04. The highest BCUT2D eigenvalue weighted by Crippen LogP contribution is 2.32. The highest BCUT2D eigenvalue weighted by Gasteiger charge is 2.12. The molecule has 0 atom stereocenters. The zero-order valence-electron chi connectivity index (χ0n) is 13.6. The first kappa shape index (κ1) is 14.5. The van der Waals surface area contributed by atoms with Gasteiger partial charge in [-0.05, 0) is 35.9 Å². The minimum atomic E-state index is -0.0231. The van der Waals surface area contributed by atoms with Crippen LogP contribution in [-0.2, 0) is 18.4 Å². The summed E-state index contributed by atoms with van der Waals surface area (Å²) in [4.78, 5) is 18.9. The maximum Gasteiger partial charge on any atom is 0.217 e. The van der Waals surface area contributed by atoms with Crippen molar-refractivity contribution in [2.24, 2.45) is 7.05 Å². The molecule has 5 heteroatoms. The molecule has 120 valence electrons. The molecule has 5 nitrogen and oxygen atoms in total. The van der Waals surface area contributed by atoms with Gasteiger partial charge in [0.15, 0.2) is 0 Å². The lowest BCUT2D eigenvalue weighted by molar-refractivity contribution is -0.119. The Kier molecular flexibility index (Phi) is 3.34. The van der Waals surface area contributed by atoms with Crippen LogP contribution in [0, 0.1) is 0 Å². The maximum atomic E-state index is 11.1. The molecule has 0 aliphatic heterocycles. The van der Waals surface area contributed by atoms with Crippen LogP contribution in [0.2, 0.25) is 0 Å². The lowest BCUT2D eigenvalue weighted by Crippen LogP contribution is -2.18. The molecular formula is C19H18N4O. The van der Waals surface area contributed by atoms with Gasteiger partial charge in [-0.25, -0.2) is 4.98 Å². The van der Waals surface area contributed by atoms with Gasteiger partial charge in [-0.15, -0.1) is 0 Å². The lowest BCUT2D eigenvalue weighted by Gasteiger charge is -2.04. The standard InChI is InChI=1S/C19H18N4O/c1-12(24)21-10-13-5-6-18-15(8-13)16(11-23(18)2)17-9-14-4-3-7-20-19(14)22-17/h3-9,11H,10H2,1-2H3,(H,20,22)(H,21,24). The van der Waals surface area contributed by atoms with Crippen LogP contribution in [0.1, 0.15) is 12.5 Å². The van der Waals surface area contributed by atoms with Crippen LogP contribution >= 0.6 is 0 Å². The predicted octanol–water partition coefficient (Wildman–Crippen LogP) is 3.36. The Hall–Kier alpha value is -3.08. The van der Waals surface area contributed by atoms with Crippen molar-refractivity contribution >= 4 is 27.8 Å². The zero-order chi connectivity index (χ0) is 16.7. The number of carbonyl (C=O) groups excluding carboxylic acids is 1. The number of carbonyl (C=O) groups is 1. The molecule has 3 heterocycles. The van der Waals surface area contributed by atoms with Crippen molar-refractivity contribution in [3.8, 4) is 11.3 Å². The SMILES string of the molecule is CC(=O)NCc1ccc2c(c1)c(-c1cc3cccnc3[nH]1)cn2C. The molecule has 0 saturated heterocycles. The monoisotopic (exact) mass is 318 g/mol. The van der Waals surface area contributed by atoms with E-state index in [1.54, 1.807) is 6.20 Å². The number of benzene rings is 1. The van der Waals surface area contributed by atoms with E-state index in [1.165, 1.54) is 6.92 Å². The third-order valence-corrected chi connectivity index (χ3v) is 4.28. The van der Waals surface area contributed by atoms with E-state index in [1.807, 2.05) is 13.1 Å². The fraction of sp³-hybridized carbons (Fsp3) is 0.158. The van der Waals surface area contributed by atoms with Gasteiger partial charge < -0.3 is 14.9 Å². The number of fused-ring (bicyclic) bond motifs is 2. The van der Waals surface area contributed by atoms with Crippen LogP contribution in [-0.4, -0.2) is 20.4 Å². The molecule has 0 unspecified atom stereocenters. The van der Waals surface area contributed by atoms with Crippen LogP contribution in [0.3, 0.4) is 0 Å². The number of hydrogen-bond donors (Lipinski definition) is 2. The smallest absolute Gasteiger partial charge is 0.217 e. The van der Waals surface area contributed by atoms with Crippen molar-refractivity contribution in [2.75, 3.05) is 0 Å². The summed E-state index contributed by atoms with van der Waals surface area (Å²) in [6.07, 6.45) is 3.91. The minimum Gasteiger partial charge on any atom is -0.352 e. The average molecular weight is 318 g/mol. The molecule has 0 radical (unpaired) electrons. The molecule has 3 aromatic heterocycles. The zero-order valence-corrected chi connectivity index (χ0v) is 13.6. The number of aromatic amines is 1. The highest BCUT2D eigenvalue weighted by atomic mass is 16.1. The second kappa shape index (κ2) is 5.53. The Morgan fingerprint density at radius 1 is 1.29 bits per heavy atom. The van der Waals surface area contributed by atoms with Gasteiger partial charge in [0.25, 0.3) is 0 Å². The first-order chi connectivity index (χ1) is 11.6. The maximum absolute atomic E-state index is 11.1. The van der Waals surface area contributed by atoms with E-state index in [2.05, 4.69) is 56.4 Å². The van der Waals surface area contributed by atoms with E-state index in [4.69, 9.17) is 0 Å².